The minimum absolute atomic E-state index is 0.0115. The predicted octanol–water partition coefficient (Wildman–Crippen LogP) is 0.590. The van der Waals surface area contributed by atoms with Gasteiger partial charge in [-0.15, -0.1) is 5.10 Å². The Balaban J connectivity index is 2.63. The summed E-state index contributed by atoms with van der Waals surface area (Å²) >= 11 is 0. The minimum Gasteiger partial charge on any atom is -0.387 e. The fraction of sp³-hybridized carbons (Fsp3) is 0.727. The van der Waals surface area contributed by atoms with Crippen molar-refractivity contribution in [3.63, 3.8) is 0 Å². The molecular weight excluding hydrogens is 220 g/mol. The normalized spacial score (nSPS) is 12.5. The van der Waals surface area contributed by atoms with Gasteiger partial charge >= 0.3 is 0 Å². The van der Waals surface area contributed by atoms with Crippen molar-refractivity contribution in [1.82, 2.24) is 19.9 Å². The van der Waals surface area contributed by atoms with Crippen molar-refractivity contribution >= 4 is 5.91 Å². The van der Waals surface area contributed by atoms with Gasteiger partial charge in [0.05, 0.1) is 12.3 Å². The smallest absolute Gasteiger partial charge is 0.244 e. The maximum absolute atomic E-state index is 11.8. The van der Waals surface area contributed by atoms with Crippen molar-refractivity contribution < 1.29 is 9.90 Å². The molecule has 96 valence electrons. The van der Waals surface area contributed by atoms with Gasteiger partial charge in [0, 0.05) is 13.1 Å². The Bertz CT molecular complexity index is 360. The fourth-order valence-electron chi connectivity index (χ4n) is 1.57. The van der Waals surface area contributed by atoms with E-state index < -0.39 is 6.10 Å². The highest BCUT2D eigenvalue weighted by atomic mass is 16.3. The van der Waals surface area contributed by atoms with Crippen LogP contribution in [-0.2, 0) is 11.3 Å². The Labute approximate surface area is 101 Å². The first kappa shape index (κ1) is 13.6. The molecule has 1 N–H and O–H groups in total. The molecule has 0 aliphatic carbocycles. The summed E-state index contributed by atoms with van der Waals surface area (Å²) in [7, 11) is 0. The standard InChI is InChI=1S/C11H20N4O2/c1-4-10(16)9-7-15(13-12-9)8-11(17)14(5-2)6-3/h7,10,16H,4-6,8H2,1-3H3. The summed E-state index contributed by atoms with van der Waals surface area (Å²) in [4.78, 5) is 13.5. The number of aliphatic hydroxyl groups is 1. The SMILES string of the molecule is CCC(O)c1cn(CC(=O)N(CC)CC)nn1. The van der Waals surface area contributed by atoms with Crippen LogP contribution in [0.25, 0.3) is 0 Å². The highest BCUT2D eigenvalue weighted by Gasteiger charge is 2.14. The quantitative estimate of drug-likeness (QED) is 0.790. The first-order chi connectivity index (χ1) is 8.12. The van der Waals surface area contributed by atoms with E-state index in [0.717, 1.165) is 0 Å². The van der Waals surface area contributed by atoms with Crippen LogP contribution in [0.4, 0.5) is 0 Å². The highest BCUT2D eigenvalue weighted by molar-refractivity contribution is 5.75. The number of nitrogens with zero attached hydrogens (tertiary/aromatic N) is 4. The number of aliphatic hydroxyl groups excluding tert-OH is 1. The second-order valence-electron chi connectivity index (χ2n) is 3.83. The van der Waals surface area contributed by atoms with E-state index >= 15 is 0 Å². The average Bonchev–Trinajstić information content (AvgIpc) is 2.78. The van der Waals surface area contributed by atoms with Crippen LogP contribution in [0.2, 0.25) is 0 Å². The van der Waals surface area contributed by atoms with E-state index in [1.54, 1.807) is 11.1 Å². The number of aromatic nitrogens is 3. The maximum Gasteiger partial charge on any atom is 0.244 e. The van der Waals surface area contributed by atoms with Crippen LogP contribution in [0.3, 0.4) is 0 Å². The minimum atomic E-state index is -0.604. The van der Waals surface area contributed by atoms with E-state index in [1.807, 2.05) is 20.8 Å². The molecule has 0 radical (unpaired) electrons. The van der Waals surface area contributed by atoms with Gasteiger partial charge < -0.3 is 10.0 Å². The van der Waals surface area contributed by atoms with Crippen LogP contribution in [0.1, 0.15) is 39.0 Å². The van der Waals surface area contributed by atoms with E-state index in [-0.39, 0.29) is 12.5 Å². The van der Waals surface area contributed by atoms with E-state index in [2.05, 4.69) is 10.3 Å². The summed E-state index contributed by atoms with van der Waals surface area (Å²) < 4.78 is 1.47. The van der Waals surface area contributed by atoms with Crippen molar-refractivity contribution in [2.75, 3.05) is 13.1 Å². The average molecular weight is 240 g/mol. The molecule has 17 heavy (non-hydrogen) atoms. The van der Waals surface area contributed by atoms with Gasteiger partial charge in [0.2, 0.25) is 5.91 Å². The zero-order valence-electron chi connectivity index (χ0n) is 10.6. The van der Waals surface area contributed by atoms with E-state index in [0.29, 0.717) is 25.2 Å². The number of hydrogen-bond donors (Lipinski definition) is 1. The Morgan fingerprint density at radius 3 is 2.65 bits per heavy atom. The summed E-state index contributed by atoms with van der Waals surface area (Å²) in [5.74, 6) is 0.0115. The van der Waals surface area contributed by atoms with E-state index in [9.17, 15) is 9.90 Å². The van der Waals surface area contributed by atoms with Gasteiger partial charge in [-0.3, -0.25) is 4.79 Å². The number of carbonyl (C=O) groups excluding carboxylic acids is 1. The summed E-state index contributed by atoms with van der Waals surface area (Å²) in [5.41, 5.74) is 0.514. The lowest BCUT2D eigenvalue weighted by molar-refractivity contribution is -0.131. The molecule has 0 bridgehead atoms. The second kappa shape index (κ2) is 6.34. The Kier molecular flexibility index (Phi) is 5.09. The van der Waals surface area contributed by atoms with Gasteiger partial charge in [-0.05, 0) is 20.3 Å². The second-order valence-corrected chi connectivity index (χ2v) is 3.83. The number of rotatable bonds is 6. The maximum atomic E-state index is 11.8. The van der Waals surface area contributed by atoms with E-state index in [4.69, 9.17) is 0 Å². The summed E-state index contributed by atoms with van der Waals surface area (Å²) in [5, 5.41) is 17.2. The summed E-state index contributed by atoms with van der Waals surface area (Å²) in [6.45, 7) is 7.29. The fourth-order valence-corrected chi connectivity index (χ4v) is 1.57. The molecule has 1 aromatic heterocycles. The van der Waals surface area contributed by atoms with Gasteiger partial charge in [0.15, 0.2) is 0 Å². The van der Waals surface area contributed by atoms with Gasteiger partial charge in [-0.1, -0.05) is 12.1 Å². The Morgan fingerprint density at radius 2 is 2.12 bits per heavy atom. The van der Waals surface area contributed by atoms with Crippen LogP contribution >= 0.6 is 0 Å². The van der Waals surface area contributed by atoms with Crippen molar-refractivity contribution in [3.8, 4) is 0 Å². The van der Waals surface area contributed by atoms with Gasteiger partial charge in [0.1, 0.15) is 12.2 Å². The molecule has 6 heteroatoms. The molecule has 0 aliphatic rings. The van der Waals surface area contributed by atoms with Crippen molar-refractivity contribution in [2.45, 2.75) is 39.8 Å². The lowest BCUT2D eigenvalue weighted by atomic mass is 10.2. The third-order valence-corrected chi connectivity index (χ3v) is 2.70. The summed E-state index contributed by atoms with van der Waals surface area (Å²) in [6.07, 6.45) is 1.60. The number of amides is 1. The van der Waals surface area contributed by atoms with Crippen LogP contribution in [0, 0.1) is 0 Å². The molecule has 0 saturated heterocycles. The lowest BCUT2D eigenvalue weighted by Gasteiger charge is -2.17. The largest absolute Gasteiger partial charge is 0.387 e. The third-order valence-electron chi connectivity index (χ3n) is 2.70. The number of likely N-dealkylation sites (N-methyl/N-ethyl adjacent to an activating group) is 1. The first-order valence-corrected chi connectivity index (χ1v) is 5.98. The molecule has 0 aromatic carbocycles. The Hall–Kier alpha value is -1.43. The number of carbonyl (C=O) groups is 1. The monoisotopic (exact) mass is 240 g/mol. The van der Waals surface area contributed by atoms with Crippen LogP contribution < -0.4 is 0 Å². The predicted molar refractivity (Wildman–Crippen MR) is 63.2 cm³/mol. The molecule has 1 rings (SSSR count). The van der Waals surface area contributed by atoms with Crippen LogP contribution in [-0.4, -0.2) is 44.0 Å². The first-order valence-electron chi connectivity index (χ1n) is 5.98. The molecule has 1 amide bonds. The number of hydrogen-bond acceptors (Lipinski definition) is 4. The zero-order chi connectivity index (χ0) is 12.8. The van der Waals surface area contributed by atoms with Crippen LogP contribution in [0.15, 0.2) is 6.20 Å². The van der Waals surface area contributed by atoms with Gasteiger partial charge in [0.25, 0.3) is 0 Å². The molecule has 0 aliphatic heterocycles. The summed E-state index contributed by atoms with van der Waals surface area (Å²) in [6, 6.07) is 0. The molecule has 1 atom stereocenters. The van der Waals surface area contributed by atoms with Crippen molar-refractivity contribution in [1.29, 1.82) is 0 Å². The van der Waals surface area contributed by atoms with Crippen LogP contribution in [0.5, 0.6) is 0 Å². The topological polar surface area (TPSA) is 71.2 Å². The molecule has 0 fully saturated rings. The van der Waals surface area contributed by atoms with E-state index in [1.165, 1.54) is 4.68 Å². The molecule has 1 unspecified atom stereocenters. The Morgan fingerprint density at radius 1 is 1.47 bits per heavy atom. The van der Waals surface area contributed by atoms with Gasteiger partial charge in [-0.25, -0.2) is 4.68 Å². The molecule has 1 aromatic rings. The van der Waals surface area contributed by atoms with Crippen molar-refractivity contribution in [3.05, 3.63) is 11.9 Å². The third kappa shape index (κ3) is 3.52. The van der Waals surface area contributed by atoms with Crippen molar-refractivity contribution in [2.24, 2.45) is 0 Å². The molecule has 1 heterocycles. The molecule has 0 saturated carbocycles. The molecule has 6 nitrogen and oxygen atoms in total. The zero-order valence-corrected chi connectivity index (χ0v) is 10.6. The van der Waals surface area contributed by atoms with Gasteiger partial charge in [-0.2, -0.15) is 0 Å². The highest BCUT2D eigenvalue weighted by Crippen LogP contribution is 2.11. The molecular formula is C11H20N4O2. The molecule has 0 spiro atoms. The lowest BCUT2D eigenvalue weighted by Crippen LogP contribution is -2.33.